The van der Waals surface area contributed by atoms with Gasteiger partial charge in [0.05, 0.1) is 12.5 Å². The van der Waals surface area contributed by atoms with E-state index in [0.717, 1.165) is 24.8 Å². The highest BCUT2D eigenvalue weighted by Crippen LogP contribution is 2.67. The van der Waals surface area contributed by atoms with Crippen LogP contribution in [0, 0.1) is 60.6 Å². The molecule has 10 atom stereocenters. The number of carbonyl (C=O) groups excluding carboxylic acids is 4. The summed E-state index contributed by atoms with van der Waals surface area (Å²) in [4.78, 5) is 79.3. The fraction of sp³-hybridized carbons (Fsp3) is 0.724. The highest BCUT2D eigenvalue weighted by molar-refractivity contribution is 6.01. The van der Waals surface area contributed by atoms with Gasteiger partial charge in [-0.15, -0.1) is 20.2 Å². The van der Waals surface area contributed by atoms with Crippen molar-refractivity contribution in [1.82, 2.24) is 0 Å². The van der Waals surface area contributed by atoms with Crippen LogP contribution in [-0.4, -0.2) is 76.9 Å². The quantitative estimate of drug-likeness (QED) is 0.164. The van der Waals surface area contributed by atoms with Gasteiger partial charge in [0, 0.05) is 17.3 Å². The second kappa shape index (κ2) is 13.2. The number of ether oxygens (including phenoxy) is 2. The molecule has 9 unspecified atom stereocenters. The van der Waals surface area contributed by atoms with E-state index in [1.165, 1.54) is 0 Å². The van der Waals surface area contributed by atoms with Crippen LogP contribution in [0.5, 0.6) is 0 Å². The number of carbonyl (C=O) groups is 4. The summed E-state index contributed by atoms with van der Waals surface area (Å²) < 4.78 is 9.96. The summed E-state index contributed by atoms with van der Waals surface area (Å²) in [5, 5.41) is 30.0. The van der Waals surface area contributed by atoms with Crippen molar-refractivity contribution in [3.8, 4) is 0 Å². The first-order valence-corrected chi connectivity index (χ1v) is 14.9. The third kappa shape index (κ3) is 7.01. The minimum Gasteiger partial charge on any atom is -0.462 e. The molecule has 0 heterocycles. The van der Waals surface area contributed by atoms with Crippen LogP contribution in [0.2, 0.25) is 0 Å². The average molecular weight is 638 g/mol. The van der Waals surface area contributed by atoms with Gasteiger partial charge in [-0.2, -0.15) is 0 Å². The molecule has 3 N–H and O–H groups in total. The Hall–Kier alpha value is -3.92. The Kier molecular flexibility index (Phi) is 9.97. The third-order valence-corrected chi connectivity index (χ3v) is 10.3. The highest BCUT2D eigenvalue weighted by atomic mass is 17.0. The van der Waals surface area contributed by atoms with Gasteiger partial charge in [-0.25, -0.2) is 0 Å². The molecule has 4 aliphatic rings. The van der Waals surface area contributed by atoms with Crippen molar-refractivity contribution in [2.24, 2.45) is 46.2 Å². The summed E-state index contributed by atoms with van der Waals surface area (Å²) in [7, 11) is 0. The number of nitrogens with two attached hydrogens (primary N) is 1. The summed E-state index contributed by atoms with van der Waals surface area (Å²) in [6.45, 7) is 3.84. The standard InChI is InChI=1S/C29H39N3O13/c1-15-8-20-19-5-4-16-9-17(33)6-7-28(16,2)26(19)22(34)11-29(20,3)25(15)23(35)14-42-24(36)10-21(30)27(37)43-12-18(45-32(40)41)13-44-31(38)39/h6-7,9,15,18-22,25-26,34H,4-5,8,10-14,30H2,1-3H3/t15-,18?,19?,20?,21?,22?,25?,26?,28?,29?/m1/s1. The van der Waals surface area contributed by atoms with Crippen LogP contribution in [0.4, 0.5) is 0 Å². The Morgan fingerprint density at radius 2 is 1.87 bits per heavy atom. The van der Waals surface area contributed by atoms with Crippen molar-refractivity contribution in [2.75, 3.05) is 19.8 Å². The number of rotatable bonds is 13. The van der Waals surface area contributed by atoms with E-state index in [4.69, 9.17) is 15.2 Å². The zero-order valence-electron chi connectivity index (χ0n) is 25.3. The minimum atomic E-state index is -1.61. The van der Waals surface area contributed by atoms with Gasteiger partial charge in [0.15, 0.2) is 17.7 Å². The van der Waals surface area contributed by atoms with Crippen molar-refractivity contribution in [3.63, 3.8) is 0 Å². The maximum absolute atomic E-state index is 13.5. The lowest BCUT2D eigenvalue weighted by atomic mass is 9.46. The van der Waals surface area contributed by atoms with E-state index in [1.807, 2.05) is 19.9 Å². The van der Waals surface area contributed by atoms with E-state index in [1.54, 1.807) is 12.2 Å². The van der Waals surface area contributed by atoms with Crippen molar-refractivity contribution >= 4 is 23.5 Å². The molecule has 16 heteroatoms. The molecule has 3 saturated carbocycles. The SMILES string of the molecule is C[C@@H]1CC2C3CCC4=CC(=O)C=CC4(C)C3C(O)CC2(C)C1C(=O)COC(=O)CC(N)C(=O)OCC(CO[N+](=O)[O-])O[N+](=O)[O-]. The first kappa shape index (κ1) is 34.0. The van der Waals surface area contributed by atoms with E-state index in [9.17, 15) is 44.5 Å². The highest BCUT2D eigenvalue weighted by Gasteiger charge is 2.64. The first-order valence-electron chi connectivity index (χ1n) is 14.9. The number of Topliss-reactive ketones (excluding diaryl/α,β-unsaturated/α-hetero) is 1. The Balaban J connectivity index is 1.32. The second-order valence-electron chi connectivity index (χ2n) is 13.0. The van der Waals surface area contributed by atoms with E-state index in [-0.39, 0.29) is 35.2 Å². The fourth-order valence-electron chi connectivity index (χ4n) is 8.60. The Morgan fingerprint density at radius 1 is 1.16 bits per heavy atom. The number of aliphatic hydroxyl groups is 1. The molecule has 3 fully saturated rings. The Labute approximate surface area is 258 Å². The molecule has 4 rings (SSSR count). The van der Waals surface area contributed by atoms with Gasteiger partial charge in [0.25, 0.3) is 10.2 Å². The zero-order chi connectivity index (χ0) is 33.3. The third-order valence-electron chi connectivity index (χ3n) is 10.3. The molecule has 0 bridgehead atoms. The largest absolute Gasteiger partial charge is 0.462 e. The van der Waals surface area contributed by atoms with Crippen LogP contribution in [0.15, 0.2) is 23.8 Å². The number of nitrogens with zero attached hydrogens (tertiary/aromatic N) is 2. The monoisotopic (exact) mass is 637 g/mol. The average Bonchev–Trinajstić information content (AvgIpc) is 3.22. The molecule has 16 nitrogen and oxygen atoms in total. The van der Waals surface area contributed by atoms with E-state index >= 15 is 0 Å². The molecular formula is C29H39N3O13. The summed E-state index contributed by atoms with van der Waals surface area (Å²) in [6, 6.07) is -1.55. The van der Waals surface area contributed by atoms with Gasteiger partial charge in [-0.05, 0) is 61.0 Å². The van der Waals surface area contributed by atoms with Gasteiger partial charge >= 0.3 is 11.9 Å². The molecule has 0 aromatic carbocycles. The van der Waals surface area contributed by atoms with Gasteiger partial charge in [0.1, 0.15) is 25.9 Å². The predicted octanol–water partition coefficient (Wildman–Crippen LogP) is 1.29. The van der Waals surface area contributed by atoms with Crippen molar-refractivity contribution in [1.29, 1.82) is 0 Å². The number of ketones is 2. The smallest absolute Gasteiger partial charge is 0.323 e. The van der Waals surface area contributed by atoms with Crippen LogP contribution >= 0.6 is 0 Å². The van der Waals surface area contributed by atoms with Crippen molar-refractivity contribution in [3.05, 3.63) is 44.0 Å². The van der Waals surface area contributed by atoms with Crippen LogP contribution in [0.3, 0.4) is 0 Å². The fourth-order valence-corrected chi connectivity index (χ4v) is 8.60. The lowest BCUT2D eigenvalue weighted by Gasteiger charge is -2.58. The summed E-state index contributed by atoms with van der Waals surface area (Å²) in [5.74, 6) is -2.73. The molecule has 0 aromatic rings. The van der Waals surface area contributed by atoms with Crippen LogP contribution in [-0.2, 0) is 38.3 Å². The van der Waals surface area contributed by atoms with Gasteiger partial charge in [-0.1, -0.05) is 32.4 Å². The molecule has 0 saturated heterocycles. The maximum Gasteiger partial charge on any atom is 0.323 e. The summed E-state index contributed by atoms with van der Waals surface area (Å²) >= 11 is 0. The number of hydrogen-bond acceptors (Lipinski definition) is 14. The Morgan fingerprint density at radius 3 is 2.53 bits per heavy atom. The number of hydrogen-bond donors (Lipinski definition) is 2. The predicted molar refractivity (Wildman–Crippen MR) is 150 cm³/mol. The number of allylic oxidation sites excluding steroid dienone is 4. The van der Waals surface area contributed by atoms with Gasteiger partial charge < -0.3 is 30.0 Å². The molecule has 0 radical (unpaired) electrons. The number of fused-ring (bicyclic) bond motifs is 5. The lowest BCUT2D eigenvalue weighted by Crippen LogP contribution is -2.56. The Bertz CT molecular complexity index is 1300. The van der Waals surface area contributed by atoms with E-state index < -0.39 is 83.4 Å². The maximum atomic E-state index is 13.5. The molecule has 0 spiro atoms. The molecule has 4 aliphatic carbocycles. The molecule has 0 aromatic heterocycles. The zero-order valence-corrected chi connectivity index (χ0v) is 25.3. The number of esters is 2. The molecule has 0 aliphatic heterocycles. The van der Waals surface area contributed by atoms with Crippen LogP contribution in [0.25, 0.3) is 0 Å². The summed E-state index contributed by atoms with van der Waals surface area (Å²) in [5.41, 5.74) is 5.78. The van der Waals surface area contributed by atoms with Crippen molar-refractivity contribution < 1.29 is 53.6 Å². The van der Waals surface area contributed by atoms with Crippen molar-refractivity contribution in [2.45, 2.75) is 71.1 Å². The molecule has 0 amide bonds. The second-order valence-corrected chi connectivity index (χ2v) is 13.0. The van der Waals surface area contributed by atoms with E-state index in [0.29, 0.717) is 6.42 Å². The number of aliphatic hydroxyl groups excluding tert-OH is 1. The van der Waals surface area contributed by atoms with Crippen LogP contribution in [0.1, 0.15) is 52.9 Å². The van der Waals surface area contributed by atoms with E-state index in [2.05, 4.69) is 16.6 Å². The lowest BCUT2D eigenvalue weighted by molar-refractivity contribution is -0.790. The van der Waals surface area contributed by atoms with Gasteiger partial charge in [-0.3, -0.25) is 19.2 Å². The first-order chi connectivity index (χ1) is 21.1. The molecule has 248 valence electrons. The minimum absolute atomic E-state index is 0.0313. The summed E-state index contributed by atoms with van der Waals surface area (Å²) in [6.07, 6.45) is 4.94. The molecular weight excluding hydrogens is 598 g/mol. The topological polar surface area (TPSA) is 238 Å². The molecule has 45 heavy (non-hydrogen) atoms. The normalized spacial score (nSPS) is 34.6. The van der Waals surface area contributed by atoms with Crippen LogP contribution < -0.4 is 5.73 Å². The van der Waals surface area contributed by atoms with Gasteiger partial charge in [0.2, 0.25) is 0 Å².